The lowest BCUT2D eigenvalue weighted by atomic mass is 9.75. The molecular weight excluding hydrogens is 993 g/mol. The van der Waals surface area contributed by atoms with Gasteiger partial charge in [-0.1, -0.05) is 20.8 Å². The molecule has 8 atom stereocenters. The Morgan fingerprint density at radius 2 is 1.11 bits per heavy atom. The van der Waals surface area contributed by atoms with Gasteiger partial charge in [0.1, 0.15) is 41.1 Å². The first-order chi connectivity index (χ1) is 36.2. The number of piperidine rings is 1. The zero-order chi connectivity index (χ0) is 54.5. The number of nitrogens with one attached hydrogen (secondary N) is 4. The van der Waals surface area contributed by atoms with Gasteiger partial charge in [-0.3, -0.25) is 9.59 Å². The van der Waals surface area contributed by atoms with Crippen LogP contribution >= 0.6 is 0 Å². The van der Waals surface area contributed by atoms with Crippen molar-refractivity contribution >= 4 is 57.4 Å². The van der Waals surface area contributed by atoms with Crippen LogP contribution < -0.4 is 20.4 Å². The number of hydrogen-bond donors (Lipinski definition) is 5. The molecule has 22 heteroatoms. The van der Waals surface area contributed by atoms with Crippen LogP contribution in [0.15, 0.2) is 36.4 Å². The van der Waals surface area contributed by atoms with E-state index < -0.39 is 95.7 Å². The second-order valence-electron chi connectivity index (χ2n) is 21.7. The van der Waals surface area contributed by atoms with E-state index in [4.69, 9.17) is 24.2 Å². The highest BCUT2D eigenvalue weighted by Crippen LogP contribution is 2.50. The van der Waals surface area contributed by atoms with Crippen LogP contribution in [0.5, 0.6) is 0 Å². The van der Waals surface area contributed by atoms with Crippen LogP contribution in [0.4, 0.5) is 38.5 Å². The highest BCUT2D eigenvalue weighted by molar-refractivity contribution is 5.88. The third-order valence-electron chi connectivity index (χ3n) is 16.3. The molecule has 76 heavy (non-hydrogen) atoms. The largest absolute Gasteiger partial charge is 0.465 e. The fraction of sp³-hybridized carbons (Fsp3) is 0.556. The number of carboxylic acid groups (broad SMARTS) is 1. The topological polar surface area (TPSA) is 211 Å². The van der Waals surface area contributed by atoms with E-state index in [9.17, 15) is 24.3 Å². The fourth-order valence-electron chi connectivity index (χ4n) is 12.1. The van der Waals surface area contributed by atoms with Crippen LogP contribution in [0.2, 0.25) is 0 Å². The monoisotopic (exact) mass is 1060 g/mol. The number of benzene rings is 3. The first kappa shape index (κ1) is 54.1. The molecule has 4 aliphatic rings. The number of halogens is 4. The molecule has 5 aromatic rings. The molecule has 0 aliphatic carbocycles. The number of fused-ring (bicyclic) bond motifs is 2. The summed E-state index contributed by atoms with van der Waals surface area (Å²) >= 11 is 0. The normalized spacial score (nSPS) is 22.1. The van der Waals surface area contributed by atoms with E-state index in [0.717, 1.165) is 12.8 Å². The number of H-pyrrole nitrogens is 2. The Hall–Kier alpha value is -6.68. The first-order valence-electron chi connectivity index (χ1n) is 26.1. The number of anilines is 2. The van der Waals surface area contributed by atoms with Crippen LogP contribution in [0.3, 0.4) is 0 Å². The maximum absolute atomic E-state index is 16.9. The summed E-state index contributed by atoms with van der Waals surface area (Å²) in [6.45, 7) is 11.3. The highest BCUT2D eigenvalue weighted by atomic mass is 19.1. The Morgan fingerprint density at radius 3 is 1.53 bits per heavy atom. The molecule has 4 aliphatic heterocycles. The number of ether oxygens (including phenoxy) is 3. The van der Waals surface area contributed by atoms with Crippen molar-refractivity contribution in [2.45, 2.75) is 134 Å². The molecule has 4 fully saturated rings. The molecule has 9 rings (SSSR count). The molecule has 0 spiro atoms. The Kier molecular flexibility index (Phi) is 15.5. The summed E-state index contributed by atoms with van der Waals surface area (Å²) in [6.07, 6.45) is 0.573. The quantitative estimate of drug-likeness (QED) is 0.0660. The molecule has 0 radical (unpaired) electrons. The Balaban J connectivity index is 1.07. The number of methoxy groups -OCH3 is 3. The number of rotatable bonds is 14. The number of carbonyl (C=O) groups excluding carboxylic acids is 3. The van der Waals surface area contributed by atoms with Crippen LogP contribution in [-0.4, -0.2) is 131 Å². The lowest BCUT2D eigenvalue weighted by Crippen LogP contribution is -2.54. The van der Waals surface area contributed by atoms with Crippen molar-refractivity contribution in [1.82, 2.24) is 40.4 Å². The summed E-state index contributed by atoms with van der Waals surface area (Å²) in [5, 5.41) is 14.4. The summed E-state index contributed by atoms with van der Waals surface area (Å²) in [7, 11) is 4.00. The number of carbonyl (C=O) groups is 4. The maximum Gasteiger partial charge on any atom is 0.407 e. The van der Waals surface area contributed by atoms with Gasteiger partial charge in [0.15, 0.2) is 11.6 Å². The zero-order valence-electron chi connectivity index (χ0n) is 44.1. The Bertz CT molecular complexity index is 2970. The number of aromatic amines is 2. The van der Waals surface area contributed by atoms with Crippen LogP contribution in [-0.2, 0) is 23.8 Å². The number of amides is 4. The van der Waals surface area contributed by atoms with Crippen molar-refractivity contribution in [3.63, 3.8) is 0 Å². The molecule has 18 nitrogen and oxygen atoms in total. The van der Waals surface area contributed by atoms with Crippen LogP contribution in [0.25, 0.3) is 22.1 Å². The van der Waals surface area contributed by atoms with Crippen molar-refractivity contribution in [1.29, 1.82) is 0 Å². The lowest BCUT2D eigenvalue weighted by molar-refractivity contribution is -0.138. The van der Waals surface area contributed by atoms with E-state index in [-0.39, 0.29) is 51.8 Å². The second-order valence-corrected chi connectivity index (χ2v) is 21.7. The van der Waals surface area contributed by atoms with Crippen molar-refractivity contribution in [2.75, 3.05) is 57.3 Å². The molecule has 4 saturated heterocycles. The van der Waals surface area contributed by atoms with E-state index in [2.05, 4.69) is 41.4 Å². The van der Waals surface area contributed by atoms with Crippen molar-refractivity contribution < 1.29 is 56.1 Å². The highest BCUT2D eigenvalue weighted by Gasteiger charge is 2.43. The van der Waals surface area contributed by atoms with Crippen LogP contribution in [0.1, 0.15) is 133 Å². The Morgan fingerprint density at radius 1 is 0.645 bits per heavy atom. The summed E-state index contributed by atoms with van der Waals surface area (Å²) in [4.78, 5) is 74.5. The molecule has 2 aromatic heterocycles. The average Bonchev–Trinajstić information content (AvgIpc) is 4.25. The summed E-state index contributed by atoms with van der Waals surface area (Å²) in [6, 6.07) is 3.08. The summed E-state index contributed by atoms with van der Waals surface area (Å²) in [5.74, 6) is -2.68. The van der Waals surface area contributed by atoms with Gasteiger partial charge in [-0.05, 0) is 101 Å². The van der Waals surface area contributed by atoms with Gasteiger partial charge in [-0.2, -0.15) is 0 Å². The minimum Gasteiger partial charge on any atom is -0.465 e. The second kappa shape index (κ2) is 21.7. The molecule has 6 heterocycles. The van der Waals surface area contributed by atoms with Gasteiger partial charge in [0, 0.05) is 69.3 Å². The smallest absolute Gasteiger partial charge is 0.407 e. The van der Waals surface area contributed by atoms with E-state index in [1.165, 1.54) is 50.5 Å². The van der Waals surface area contributed by atoms with E-state index in [1.807, 2.05) is 0 Å². The molecule has 0 unspecified atom stereocenters. The standard InChI is InChI=1S/C54H68F4N10O8/c1-27(74-6)45(63-52(71)72)50(69)66-17-9-11-43(66)48-59-37-23-31(33(55)25-39(37)61-48)41-13-14-42(68(41)30-21-35(57)47(36(58)22-30)65-19-15-29(16-20-65)54(3,4)5)32-24-38-40(26-34(32)56)62-49(60-38)44-12-10-18-67(44)51(70)46(28(2)75-7)64-53(73)76-8/h21-29,41-46,63H,9-20H2,1-8H3,(H,59,61)(H,60,62)(H,64,73)(H,71,72)/t27-,28-,41-,42-,43+,44+,45+,46+/m1/s1. The number of imidazole rings is 2. The molecule has 0 bridgehead atoms. The molecule has 4 amide bonds. The summed E-state index contributed by atoms with van der Waals surface area (Å²) < 4.78 is 82.9. The first-order valence-corrected chi connectivity index (χ1v) is 26.1. The van der Waals surface area contributed by atoms with Gasteiger partial charge in [0.2, 0.25) is 11.8 Å². The summed E-state index contributed by atoms with van der Waals surface area (Å²) in [5.41, 5.74) is 1.71. The predicted molar refractivity (Wildman–Crippen MR) is 275 cm³/mol. The van der Waals surface area contributed by atoms with E-state index in [1.54, 1.807) is 40.7 Å². The molecule has 410 valence electrons. The predicted octanol–water partition coefficient (Wildman–Crippen LogP) is 9.10. The number of hydrogen-bond acceptors (Lipinski definition) is 11. The fourth-order valence-corrected chi connectivity index (χ4v) is 12.1. The van der Waals surface area contributed by atoms with E-state index >= 15 is 17.6 Å². The van der Waals surface area contributed by atoms with Gasteiger partial charge in [0.25, 0.3) is 0 Å². The third-order valence-corrected chi connectivity index (χ3v) is 16.3. The third kappa shape index (κ3) is 10.5. The van der Waals surface area contributed by atoms with Gasteiger partial charge in [-0.15, -0.1) is 0 Å². The van der Waals surface area contributed by atoms with Gasteiger partial charge >= 0.3 is 12.2 Å². The van der Waals surface area contributed by atoms with E-state index in [0.29, 0.717) is 80.5 Å². The number of aromatic nitrogens is 4. The Labute approximate surface area is 438 Å². The van der Waals surface area contributed by atoms with Crippen molar-refractivity contribution in [3.8, 4) is 0 Å². The number of nitrogens with zero attached hydrogens (tertiary/aromatic N) is 6. The zero-order valence-corrected chi connectivity index (χ0v) is 44.1. The minimum absolute atomic E-state index is 0.0370. The van der Waals surface area contributed by atoms with Gasteiger partial charge in [-0.25, -0.2) is 37.1 Å². The lowest BCUT2D eigenvalue weighted by Gasteiger charge is -2.40. The molecule has 3 aromatic carbocycles. The molecule has 5 N–H and O–H groups in total. The number of likely N-dealkylation sites (tertiary alicyclic amines) is 2. The average molecular weight is 1060 g/mol. The number of alkyl carbamates (subject to hydrolysis) is 1. The van der Waals surface area contributed by atoms with Gasteiger partial charge in [0.05, 0.1) is 65.6 Å². The molecular formula is C54H68F4N10O8. The maximum atomic E-state index is 16.9. The molecule has 0 saturated carbocycles. The van der Waals surface area contributed by atoms with Crippen molar-refractivity contribution in [2.24, 2.45) is 11.3 Å². The van der Waals surface area contributed by atoms with Gasteiger partial charge < -0.3 is 59.5 Å². The SMILES string of the molecule is COC(=O)N[C@H](C(=O)N1CCC[C@H]1c1nc2cc(F)c([C@H]3CC[C@H](c4cc5[nH]c([C@@H]6CCCN6C(=O)[C@@H](NC(=O)O)[C@@H](C)OC)nc5cc4F)N3c3cc(F)c(N4CCC(C(C)(C)C)CC4)c(F)c3)cc2[nH]1)[C@@H](C)OC. The van der Waals surface area contributed by atoms with Crippen LogP contribution in [0, 0.1) is 34.6 Å². The van der Waals surface area contributed by atoms with Crippen molar-refractivity contribution in [3.05, 3.63) is 82.4 Å². The minimum atomic E-state index is -1.38.